The van der Waals surface area contributed by atoms with Crippen molar-refractivity contribution >= 4 is 0 Å². The van der Waals surface area contributed by atoms with Gasteiger partial charge >= 0.3 is 0 Å². The molecule has 1 saturated heterocycles. The molecule has 5 unspecified atom stereocenters. The fourth-order valence-corrected chi connectivity index (χ4v) is 4.19. The number of rotatable bonds is 2. The summed E-state index contributed by atoms with van der Waals surface area (Å²) in [5.41, 5.74) is 0. The Bertz CT molecular complexity index is 234. The predicted molar refractivity (Wildman–Crippen MR) is 58.2 cm³/mol. The van der Waals surface area contributed by atoms with E-state index in [9.17, 15) is 0 Å². The number of nitrogens with zero attached hydrogens (tertiary/aromatic N) is 1. The van der Waals surface area contributed by atoms with Gasteiger partial charge in [-0.2, -0.15) is 0 Å². The van der Waals surface area contributed by atoms with Crippen LogP contribution in [0.15, 0.2) is 0 Å². The molecule has 2 heteroatoms. The largest absolute Gasteiger partial charge is 0.312 e. The van der Waals surface area contributed by atoms with Gasteiger partial charge in [0.2, 0.25) is 0 Å². The zero-order valence-electron chi connectivity index (χ0n) is 9.53. The van der Waals surface area contributed by atoms with Crippen LogP contribution >= 0.6 is 0 Å². The minimum Gasteiger partial charge on any atom is -0.312 e. The molecule has 1 aliphatic heterocycles. The molecule has 80 valence electrons. The van der Waals surface area contributed by atoms with Gasteiger partial charge in [0.15, 0.2) is 0 Å². The molecule has 14 heavy (non-hydrogen) atoms. The Morgan fingerprint density at radius 1 is 1.21 bits per heavy atom. The Morgan fingerprint density at radius 3 is 2.71 bits per heavy atom. The van der Waals surface area contributed by atoms with Gasteiger partial charge in [0.25, 0.3) is 0 Å². The predicted octanol–water partition coefficient (Wildman–Crippen LogP) is 1.32. The quantitative estimate of drug-likeness (QED) is 0.713. The zero-order chi connectivity index (χ0) is 9.87. The third-order valence-corrected chi connectivity index (χ3v) is 5.00. The van der Waals surface area contributed by atoms with E-state index in [0.29, 0.717) is 6.04 Å². The average molecular weight is 194 g/mol. The van der Waals surface area contributed by atoms with Crippen molar-refractivity contribution in [2.24, 2.45) is 17.8 Å². The summed E-state index contributed by atoms with van der Waals surface area (Å²) in [7, 11) is 2.31. The zero-order valence-corrected chi connectivity index (χ0v) is 9.53. The van der Waals surface area contributed by atoms with Crippen LogP contribution in [0.5, 0.6) is 0 Å². The maximum absolute atomic E-state index is 3.75. The molecule has 1 heterocycles. The highest BCUT2D eigenvalue weighted by atomic mass is 15.2. The van der Waals surface area contributed by atoms with Crippen molar-refractivity contribution in [1.82, 2.24) is 10.2 Å². The van der Waals surface area contributed by atoms with Crippen LogP contribution in [0.1, 0.15) is 26.7 Å². The van der Waals surface area contributed by atoms with Crippen molar-refractivity contribution in [3.63, 3.8) is 0 Å². The lowest BCUT2D eigenvalue weighted by atomic mass is 9.85. The number of likely N-dealkylation sites (N-methyl/N-ethyl adjacent to an activating group) is 1. The van der Waals surface area contributed by atoms with Crippen LogP contribution in [-0.4, -0.2) is 36.6 Å². The van der Waals surface area contributed by atoms with E-state index in [4.69, 9.17) is 0 Å². The molecule has 3 fully saturated rings. The molecule has 2 saturated carbocycles. The first kappa shape index (κ1) is 9.17. The fourth-order valence-electron chi connectivity index (χ4n) is 4.19. The third kappa shape index (κ3) is 1.04. The van der Waals surface area contributed by atoms with Gasteiger partial charge < -0.3 is 5.32 Å². The summed E-state index contributed by atoms with van der Waals surface area (Å²) in [6, 6.07) is 2.35. The monoisotopic (exact) mass is 194 g/mol. The highest BCUT2D eigenvalue weighted by Crippen LogP contribution is 2.53. The molecule has 0 aromatic carbocycles. The minimum absolute atomic E-state index is 0.695. The van der Waals surface area contributed by atoms with Crippen LogP contribution in [0.2, 0.25) is 0 Å². The van der Waals surface area contributed by atoms with Gasteiger partial charge in [-0.1, -0.05) is 0 Å². The maximum atomic E-state index is 3.75. The van der Waals surface area contributed by atoms with Gasteiger partial charge in [-0.15, -0.1) is 0 Å². The van der Waals surface area contributed by atoms with E-state index in [2.05, 4.69) is 31.1 Å². The molecule has 1 N–H and O–H groups in total. The number of hydrogen-bond donors (Lipinski definition) is 1. The molecule has 0 amide bonds. The van der Waals surface area contributed by atoms with Gasteiger partial charge in [0.05, 0.1) is 0 Å². The minimum atomic E-state index is 0.695. The summed E-state index contributed by atoms with van der Waals surface area (Å²) in [5, 5.41) is 3.75. The number of fused-ring (bicyclic) bond motifs is 1. The number of hydrogen-bond acceptors (Lipinski definition) is 2. The van der Waals surface area contributed by atoms with Crippen molar-refractivity contribution in [1.29, 1.82) is 0 Å². The van der Waals surface area contributed by atoms with Crippen LogP contribution < -0.4 is 5.32 Å². The second-order valence-corrected chi connectivity index (χ2v) is 5.84. The maximum Gasteiger partial charge on any atom is 0.0280 e. The van der Waals surface area contributed by atoms with Gasteiger partial charge in [0.1, 0.15) is 0 Å². The first-order valence-electron chi connectivity index (χ1n) is 6.14. The van der Waals surface area contributed by atoms with Crippen LogP contribution in [0, 0.1) is 17.8 Å². The third-order valence-electron chi connectivity index (χ3n) is 5.00. The Kier molecular flexibility index (Phi) is 1.94. The van der Waals surface area contributed by atoms with Crippen molar-refractivity contribution in [2.45, 2.75) is 44.8 Å². The highest BCUT2D eigenvalue weighted by molar-refractivity contribution is 5.12. The topological polar surface area (TPSA) is 15.3 Å². The SMILES string of the molecule is CC(C)N(C)C1C2CC3CNC1C3C2. The molecule has 0 spiro atoms. The lowest BCUT2D eigenvalue weighted by Crippen LogP contribution is -2.50. The van der Waals surface area contributed by atoms with Crippen molar-refractivity contribution in [3.8, 4) is 0 Å². The van der Waals surface area contributed by atoms with Crippen LogP contribution in [0.25, 0.3) is 0 Å². The van der Waals surface area contributed by atoms with Gasteiger partial charge in [-0.3, -0.25) is 4.90 Å². The summed E-state index contributed by atoms with van der Waals surface area (Å²) in [6.07, 6.45) is 3.00. The van der Waals surface area contributed by atoms with Crippen molar-refractivity contribution in [2.75, 3.05) is 13.6 Å². The van der Waals surface area contributed by atoms with E-state index in [-0.39, 0.29) is 0 Å². The van der Waals surface area contributed by atoms with Crippen molar-refractivity contribution < 1.29 is 0 Å². The lowest BCUT2D eigenvalue weighted by molar-refractivity contribution is 0.121. The van der Waals surface area contributed by atoms with Crippen molar-refractivity contribution in [3.05, 3.63) is 0 Å². The van der Waals surface area contributed by atoms with Gasteiger partial charge in [-0.25, -0.2) is 0 Å². The molecule has 3 rings (SSSR count). The smallest absolute Gasteiger partial charge is 0.0280 e. The summed E-state index contributed by atoms with van der Waals surface area (Å²) in [5.74, 6) is 3.05. The highest BCUT2D eigenvalue weighted by Gasteiger charge is 2.56. The second kappa shape index (κ2) is 2.96. The van der Waals surface area contributed by atoms with E-state index in [1.807, 2.05) is 0 Å². The van der Waals surface area contributed by atoms with Crippen LogP contribution in [0.4, 0.5) is 0 Å². The van der Waals surface area contributed by atoms with Gasteiger partial charge in [0, 0.05) is 18.1 Å². The molecule has 2 nitrogen and oxygen atoms in total. The molecule has 2 bridgehead atoms. The Balaban J connectivity index is 1.82. The van der Waals surface area contributed by atoms with E-state index in [1.165, 1.54) is 19.4 Å². The molecule has 2 aliphatic carbocycles. The standard InChI is InChI=1S/C12H22N2/c1-7(2)14(3)12-8-4-9-6-13-11(12)10(9)5-8/h7-13H,4-6H2,1-3H3. The molecule has 0 aromatic heterocycles. The van der Waals surface area contributed by atoms with E-state index >= 15 is 0 Å². The summed E-state index contributed by atoms with van der Waals surface area (Å²) < 4.78 is 0. The molecule has 0 radical (unpaired) electrons. The summed E-state index contributed by atoms with van der Waals surface area (Å²) >= 11 is 0. The first-order valence-corrected chi connectivity index (χ1v) is 6.14. The van der Waals surface area contributed by atoms with E-state index in [1.54, 1.807) is 0 Å². The lowest BCUT2D eigenvalue weighted by Gasteiger charge is -2.37. The molecule has 5 atom stereocenters. The Hall–Kier alpha value is -0.0800. The average Bonchev–Trinajstić information content (AvgIpc) is 2.71. The second-order valence-electron chi connectivity index (χ2n) is 5.84. The molecule has 0 aromatic rings. The molecular formula is C12H22N2. The fraction of sp³-hybridized carbons (Fsp3) is 1.00. The van der Waals surface area contributed by atoms with Crippen LogP contribution in [0.3, 0.4) is 0 Å². The Morgan fingerprint density at radius 2 is 2.00 bits per heavy atom. The summed E-state index contributed by atoms with van der Waals surface area (Å²) in [6.45, 7) is 5.94. The summed E-state index contributed by atoms with van der Waals surface area (Å²) in [4.78, 5) is 2.60. The van der Waals surface area contributed by atoms with E-state index < -0.39 is 0 Å². The molecule has 3 aliphatic rings. The normalized spacial score (nSPS) is 49.9. The van der Waals surface area contributed by atoms with E-state index in [0.717, 1.165) is 29.8 Å². The number of nitrogens with one attached hydrogen (secondary N) is 1. The molecular weight excluding hydrogens is 172 g/mol. The van der Waals surface area contributed by atoms with Gasteiger partial charge in [-0.05, 0) is 58.0 Å². The van der Waals surface area contributed by atoms with Crippen LogP contribution in [-0.2, 0) is 0 Å². The first-order chi connectivity index (χ1) is 6.68. The Labute approximate surface area is 87.0 Å².